The van der Waals surface area contributed by atoms with Gasteiger partial charge in [-0.15, -0.1) is 0 Å². The maximum atomic E-state index is 12.1. The summed E-state index contributed by atoms with van der Waals surface area (Å²) in [5.74, 6) is 0.662. The van der Waals surface area contributed by atoms with Crippen molar-refractivity contribution in [1.29, 1.82) is 0 Å². The third-order valence-electron chi connectivity index (χ3n) is 4.68. The highest BCUT2D eigenvalue weighted by atomic mass is 16.5. The summed E-state index contributed by atoms with van der Waals surface area (Å²) in [5, 5.41) is 6.36. The molecule has 1 amide bonds. The third kappa shape index (κ3) is 5.30. The van der Waals surface area contributed by atoms with E-state index in [1.54, 1.807) is 0 Å². The Balaban J connectivity index is 1.45. The second-order valence-corrected chi connectivity index (χ2v) is 6.53. The normalized spacial score (nSPS) is 20.3. The smallest absolute Gasteiger partial charge is 0.224 e. The molecule has 0 spiro atoms. The highest BCUT2D eigenvalue weighted by Crippen LogP contribution is 2.18. The molecule has 1 aromatic rings. The number of amides is 1. The van der Waals surface area contributed by atoms with Crippen LogP contribution in [0.25, 0.3) is 0 Å². The fraction of sp³-hybridized carbons (Fsp3) is 0.611. The van der Waals surface area contributed by atoms with Crippen molar-refractivity contribution in [3.8, 4) is 0 Å². The maximum Gasteiger partial charge on any atom is 0.224 e. The number of carbonyl (C=O) groups is 1. The summed E-state index contributed by atoms with van der Waals surface area (Å²) < 4.78 is 5.37. The molecule has 5 heteroatoms. The van der Waals surface area contributed by atoms with E-state index < -0.39 is 0 Å². The number of anilines is 1. The van der Waals surface area contributed by atoms with Crippen LogP contribution < -0.4 is 10.6 Å². The average molecular weight is 317 g/mol. The quantitative estimate of drug-likeness (QED) is 0.870. The maximum absolute atomic E-state index is 12.1. The molecular weight excluding hydrogens is 290 g/mol. The van der Waals surface area contributed by atoms with Crippen LogP contribution in [0.2, 0.25) is 0 Å². The van der Waals surface area contributed by atoms with Crippen LogP contribution in [0.1, 0.15) is 24.8 Å². The monoisotopic (exact) mass is 317 g/mol. The first-order valence-corrected chi connectivity index (χ1v) is 8.69. The SMILES string of the molecule is O=C(CC1CCNCC1)Nc1ccc(CN2CCOCC2)cc1. The zero-order valence-corrected chi connectivity index (χ0v) is 13.7. The molecule has 0 aliphatic carbocycles. The molecular formula is C18H27N3O2. The highest BCUT2D eigenvalue weighted by molar-refractivity contribution is 5.90. The van der Waals surface area contributed by atoms with Gasteiger partial charge in [-0.3, -0.25) is 9.69 Å². The van der Waals surface area contributed by atoms with E-state index in [-0.39, 0.29) is 5.91 Å². The van der Waals surface area contributed by atoms with E-state index in [0.717, 1.165) is 64.5 Å². The van der Waals surface area contributed by atoms with Gasteiger partial charge in [0.2, 0.25) is 5.91 Å². The van der Waals surface area contributed by atoms with Crippen molar-refractivity contribution in [2.75, 3.05) is 44.7 Å². The Bertz CT molecular complexity index is 491. The topological polar surface area (TPSA) is 53.6 Å². The summed E-state index contributed by atoms with van der Waals surface area (Å²) >= 11 is 0. The van der Waals surface area contributed by atoms with Gasteiger partial charge in [0.15, 0.2) is 0 Å². The number of rotatable bonds is 5. The number of carbonyl (C=O) groups excluding carboxylic acids is 1. The molecule has 2 saturated heterocycles. The molecule has 2 heterocycles. The fourth-order valence-electron chi connectivity index (χ4n) is 3.27. The molecule has 0 radical (unpaired) electrons. The van der Waals surface area contributed by atoms with E-state index in [0.29, 0.717) is 12.3 Å². The molecule has 0 bridgehead atoms. The Morgan fingerprint density at radius 2 is 1.87 bits per heavy atom. The van der Waals surface area contributed by atoms with Gasteiger partial charge in [0.1, 0.15) is 0 Å². The lowest BCUT2D eigenvalue weighted by Crippen LogP contribution is -2.35. The molecule has 2 aliphatic rings. The Kier molecular flexibility index (Phi) is 6.02. The number of nitrogens with one attached hydrogen (secondary N) is 2. The van der Waals surface area contributed by atoms with Gasteiger partial charge in [-0.05, 0) is 49.5 Å². The largest absolute Gasteiger partial charge is 0.379 e. The van der Waals surface area contributed by atoms with Crippen LogP contribution in [0.3, 0.4) is 0 Å². The van der Waals surface area contributed by atoms with Crippen molar-refractivity contribution >= 4 is 11.6 Å². The summed E-state index contributed by atoms with van der Waals surface area (Å²) in [6.45, 7) is 6.66. The summed E-state index contributed by atoms with van der Waals surface area (Å²) in [4.78, 5) is 14.5. The molecule has 2 N–H and O–H groups in total. The van der Waals surface area contributed by atoms with Crippen molar-refractivity contribution in [3.05, 3.63) is 29.8 Å². The van der Waals surface area contributed by atoms with Gasteiger partial charge >= 0.3 is 0 Å². The highest BCUT2D eigenvalue weighted by Gasteiger charge is 2.17. The van der Waals surface area contributed by atoms with Crippen molar-refractivity contribution in [1.82, 2.24) is 10.2 Å². The van der Waals surface area contributed by atoms with E-state index in [2.05, 4.69) is 27.7 Å². The molecule has 23 heavy (non-hydrogen) atoms. The standard InChI is InChI=1S/C18H27N3O2/c22-18(13-15-5-7-19-8-6-15)20-17-3-1-16(2-4-17)14-21-9-11-23-12-10-21/h1-4,15,19H,5-14H2,(H,20,22). The minimum atomic E-state index is 0.137. The molecule has 3 rings (SSSR count). The van der Waals surface area contributed by atoms with Gasteiger partial charge in [-0.2, -0.15) is 0 Å². The number of benzene rings is 1. The molecule has 5 nitrogen and oxygen atoms in total. The molecule has 2 aliphatic heterocycles. The number of nitrogens with zero attached hydrogens (tertiary/aromatic N) is 1. The molecule has 0 aromatic heterocycles. The van der Waals surface area contributed by atoms with Gasteiger partial charge in [-0.25, -0.2) is 0 Å². The van der Waals surface area contributed by atoms with Gasteiger partial charge in [-0.1, -0.05) is 12.1 Å². The second-order valence-electron chi connectivity index (χ2n) is 6.53. The van der Waals surface area contributed by atoms with Crippen LogP contribution in [0.4, 0.5) is 5.69 Å². The minimum Gasteiger partial charge on any atom is -0.379 e. The Hall–Kier alpha value is -1.43. The van der Waals surface area contributed by atoms with Crippen LogP contribution in [-0.4, -0.2) is 50.2 Å². The van der Waals surface area contributed by atoms with Crippen LogP contribution in [0.5, 0.6) is 0 Å². The second kappa shape index (κ2) is 8.43. The minimum absolute atomic E-state index is 0.137. The van der Waals surface area contributed by atoms with E-state index in [1.807, 2.05) is 12.1 Å². The van der Waals surface area contributed by atoms with Gasteiger partial charge in [0.25, 0.3) is 0 Å². The van der Waals surface area contributed by atoms with Crippen LogP contribution in [0, 0.1) is 5.92 Å². The van der Waals surface area contributed by atoms with E-state index in [1.165, 1.54) is 5.56 Å². The lowest BCUT2D eigenvalue weighted by molar-refractivity contribution is -0.117. The van der Waals surface area contributed by atoms with Crippen molar-refractivity contribution < 1.29 is 9.53 Å². The predicted octanol–water partition coefficient (Wildman–Crippen LogP) is 1.85. The Labute approximate surface area is 138 Å². The number of hydrogen-bond acceptors (Lipinski definition) is 4. The summed E-state index contributed by atoms with van der Waals surface area (Å²) in [5.41, 5.74) is 2.18. The van der Waals surface area contributed by atoms with Crippen molar-refractivity contribution in [2.45, 2.75) is 25.8 Å². The number of piperidine rings is 1. The van der Waals surface area contributed by atoms with Crippen molar-refractivity contribution in [2.24, 2.45) is 5.92 Å². The zero-order chi connectivity index (χ0) is 15.9. The van der Waals surface area contributed by atoms with Gasteiger partial charge in [0.05, 0.1) is 13.2 Å². The summed E-state index contributed by atoms with van der Waals surface area (Å²) in [7, 11) is 0. The van der Waals surface area contributed by atoms with Gasteiger partial charge in [0, 0.05) is 31.7 Å². The Morgan fingerprint density at radius 3 is 2.57 bits per heavy atom. The first-order valence-electron chi connectivity index (χ1n) is 8.69. The lowest BCUT2D eigenvalue weighted by atomic mass is 9.94. The first-order chi connectivity index (χ1) is 11.3. The molecule has 0 saturated carbocycles. The van der Waals surface area contributed by atoms with Crippen LogP contribution in [0.15, 0.2) is 24.3 Å². The predicted molar refractivity (Wildman–Crippen MR) is 91.4 cm³/mol. The molecule has 126 valence electrons. The lowest BCUT2D eigenvalue weighted by Gasteiger charge is -2.26. The van der Waals surface area contributed by atoms with Crippen LogP contribution >= 0.6 is 0 Å². The van der Waals surface area contributed by atoms with E-state index >= 15 is 0 Å². The van der Waals surface area contributed by atoms with Crippen LogP contribution in [-0.2, 0) is 16.1 Å². The third-order valence-corrected chi connectivity index (χ3v) is 4.68. The molecule has 0 unspecified atom stereocenters. The molecule has 1 aromatic carbocycles. The number of ether oxygens (including phenoxy) is 1. The average Bonchev–Trinajstić information content (AvgIpc) is 2.58. The molecule has 0 atom stereocenters. The fourth-order valence-corrected chi connectivity index (χ4v) is 3.27. The first kappa shape index (κ1) is 16.4. The van der Waals surface area contributed by atoms with E-state index in [4.69, 9.17) is 4.74 Å². The summed E-state index contributed by atoms with van der Waals surface area (Å²) in [6, 6.07) is 8.23. The van der Waals surface area contributed by atoms with Gasteiger partial charge < -0.3 is 15.4 Å². The number of hydrogen-bond donors (Lipinski definition) is 2. The summed E-state index contributed by atoms with van der Waals surface area (Å²) in [6.07, 6.45) is 2.84. The number of morpholine rings is 1. The zero-order valence-electron chi connectivity index (χ0n) is 13.7. The van der Waals surface area contributed by atoms with Crippen molar-refractivity contribution in [3.63, 3.8) is 0 Å². The Morgan fingerprint density at radius 1 is 1.17 bits per heavy atom. The molecule has 2 fully saturated rings. The van der Waals surface area contributed by atoms with E-state index in [9.17, 15) is 4.79 Å².